The van der Waals surface area contributed by atoms with E-state index in [1.54, 1.807) is 0 Å². The topological polar surface area (TPSA) is 28.6 Å². The van der Waals surface area contributed by atoms with E-state index in [2.05, 4.69) is 20.9 Å². The Morgan fingerprint density at radius 2 is 1.77 bits per heavy atom. The van der Waals surface area contributed by atoms with Gasteiger partial charge in [-0.2, -0.15) is 0 Å². The van der Waals surface area contributed by atoms with Crippen molar-refractivity contribution in [3.8, 4) is 0 Å². The lowest BCUT2D eigenvalue weighted by atomic mass is 10.00. The highest BCUT2D eigenvalue weighted by Crippen LogP contribution is 2.32. The molecule has 0 N–H and O–H groups in total. The molecular formula is C18H27N3O. The predicted molar refractivity (Wildman–Crippen MR) is 86.5 cm³/mol. The van der Waals surface area contributed by atoms with Crippen molar-refractivity contribution in [3.05, 3.63) is 30.1 Å². The summed E-state index contributed by atoms with van der Waals surface area (Å²) in [6, 6.07) is 4.24. The Balaban J connectivity index is 1.25. The molecule has 0 amide bonds. The average Bonchev–Trinajstić information content (AvgIpc) is 3.07. The maximum absolute atomic E-state index is 5.48. The second kappa shape index (κ2) is 6.65. The number of fused-ring (bicyclic) bond motifs is 1. The highest BCUT2D eigenvalue weighted by Gasteiger charge is 2.40. The molecule has 0 saturated carbocycles. The summed E-state index contributed by atoms with van der Waals surface area (Å²) in [6.07, 6.45) is 6.39. The zero-order valence-electron chi connectivity index (χ0n) is 13.4. The smallest absolute Gasteiger partial charge is 0.0469 e. The predicted octanol–water partition coefficient (Wildman–Crippen LogP) is 1.87. The molecule has 1 aromatic rings. The van der Waals surface area contributed by atoms with Crippen molar-refractivity contribution in [1.82, 2.24) is 14.8 Å². The van der Waals surface area contributed by atoms with Crippen LogP contribution >= 0.6 is 0 Å². The second-order valence-corrected chi connectivity index (χ2v) is 7.35. The van der Waals surface area contributed by atoms with Gasteiger partial charge in [-0.05, 0) is 42.2 Å². The highest BCUT2D eigenvalue weighted by atomic mass is 16.5. The molecule has 0 unspecified atom stereocenters. The summed E-state index contributed by atoms with van der Waals surface area (Å²) in [5.74, 6) is 2.65. The van der Waals surface area contributed by atoms with Gasteiger partial charge in [-0.1, -0.05) is 6.07 Å². The molecule has 0 aromatic carbocycles. The Bertz CT molecular complexity index is 460. The van der Waals surface area contributed by atoms with E-state index in [-0.39, 0.29) is 0 Å². The maximum atomic E-state index is 5.48. The number of likely N-dealkylation sites (tertiary alicyclic amines) is 2. The van der Waals surface area contributed by atoms with Crippen LogP contribution < -0.4 is 0 Å². The molecule has 4 rings (SSSR count). The van der Waals surface area contributed by atoms with Gasteiger partial charge in [0.2, 0.25) is 0 Å². The van der Waals surface area contributed by atoms with Crippen LogP contribution in [-0.2, 0) is 11.3 Å². The van der Waals surface area contributed by atoms with Gasteiger partial charge in [0.25, 0.3) is 0 Å². The lowest BCUT2D eigenvalue weighted by Gasteiger charge is -2.28. The molecule has 0 bridgehead atoms. The van der Waals surface area contributed by atoms with Gasteiger partial charge in [-0.15, -0.1) is 0 Å². The molecule has 0 aliphatic carbocycles. The molecule has 3 aliphatic rings. The van der Waals surface area contributed by atoms with Gasteiger partial charge < -0.3 is 9.64 Å². The summed E-state index contributed by atoms with van der Waals surface area (Å²) in [6.45, 7) is 9.49. The zero-order valence-corrected chi connectivity index (χ0v) is 13.4. The van der Waals surface area contributed by atoms with E-state index in [9.17, 15) is 0 Å². The number of aromatic nitrogens is 1. The van der Waals surface area contributed by atoms with Gasteiger partial charge >= 0.3 is 0 Å². The SMILES string of the molecule is c1cncc(CN2C[C@H]3CN(CC4CCOCC4)C[C@@H]3C2)c1. The second-order valence-electron chi connectivity index (χ2n) is 7.35. The third kappa shape index (κ3) is 3.34. The fourth-order valence-corrected chi connectivity index (χ4v) is 4.51. The monoisotopic (exact) mass is 301 g/mol. The van der Waals surface area contributed by atoms with Crippen molar-refractivity contribution in [2.24, 2.45) is 17.8 Å². The number of pyridine rings is 1. The number of nitrogens with zero attached hydrogens (tertiary/aromatic N) is 3. The molecule has 3 saturated heterocycles. The van der Waals surface area contributed by atoms with Crippen molar-refractivity contribution >= 4 is 0 Å². The Morgan fingerprint density at radius 3 is 2.45 bits per heavy atom. The summed E-state index contributed by atoms with van der Waals surface area (Å²) in [7, 11) is 0. The van der Waals surface area contributed by atoms with Crippen LogP contribution in [0.4, 0.5) is 0 Å². The first kappa shape index (κ1) is 14.6. The first-order valence-corrected chi connectivity index (χ1v) is 8.78. The quantitative estimate of drug-likeness (QED) is 0.849. The summed E-state index contributed by atoms with van der Waals surface area (Å²) in [4.78, 5) is 9.58. The Kier molecular flexibility index (Phi) is 4.42. The van der Waals surface area contributed by atoms with Crippen LogP contribution in [0.2, 0.25) is 0 Å². The fourth-order valence-electron chi connectivity index (χ4n) is 4.51. The van der Waals surface area contributed by atoms with E-state index in [0.717, 1.165) is 37.5 Å². The van der Waals surface area contributed by atoms with Gasteiger partial charge in [0.1, 0.15) is 0 Å². The molecule has 120 valence electrons. The van der Waals surface area contributed by atoms with Crippen LogP contribution in [0.3, 0.4) is 0 Å². The molecule has 4 heterocycles. The van der Waals surface area contributed by atoms with Crippen LogP contribution in [-0.4, -0.2) is 60.7 Å². The largest absolute Gasteiger partial charge is 0.381 e. The molecule has 4 nitrogen and oxygen atoms in total. The van der Waals surface area contributed by atoms with Crippen molar-refractivity contribution in [1.29, 1.82) is 0 Å². The fraction of sp³-hybridized carbons (Fsp3) is 0.722. The molecule has 0 spiro atoms. The molecule has 3 aliphatic heterocycles. The molecule has 1 aromatic heterocycles. The standard InChI is InChI=1S/C18H27N3O/c1-2-16(8-19-5-1)10-21-13-17-11-20(12-18(17)14-21)9-15-3-6-22-7-4-15/h1-2,5,8,15,17-18H,3-4,6-7,9-14H2/t17-,18-/m1/s1. The minimum Gasteiger partial charge on any atom is -0.381 e. The zero-order chi connectivity index (χ0) is 14.8. The summed E-state index contributed by atoms with van der Waals surface area (Å²) < 4.78 is 5.48. The number of rotatable bonds is 4. The maximum Gasteiger partial charge on any atom is 0.0469 e. The molecular weight excluding hydrogens is 274 g/mol. The summed E-state index contributed by atoms with van der Waals surface area (Å²) in [5.41, 5.74) is 1.35. The van der Waals surface area contributed by atoms with Gasteiger partial charge in [0.05, 0.1) is 0 Å². The third-order valence-electron chi connectivity index (χ3n) is 5.62. The summed E-state index contributed by atoms with van der Waals surface area (Å²) >= 11 is 0. The van der Waals surface area contributed by atoms with Crippen molar-refractivity contribution < 1.29 is 4.74 Å². The lowest BCUT2D eigenvalue weighted by molar-refractivity contribution is 0.0541. The molecule has 2 atom stereocenters. The van der Waals surface area contributed by atoms with E-state index >= 15 is 0 Å². The number of hydrogen-bond donors (Lipinski definition) is 0. The summed E-state index contributed by atoms with van der Waals surface area (Å²) in [5, 5.41) is 0. The molecule has 4 heteroatoms. The first-order valence-electron chi connectivity index (χ1n) is 8.78. The number of hydrogen-bond acceptors (Lipinski definition) is 4. The van der Waals surface area contributed by atoms with Crippen LogP contribution in [0.1, 0.15) is 18.4 Å². The Labute approximate surface area is 133 Å². The van der Waals surface area contributed by atoms with Crippen molar-refractivity contribution in [3.63, 3.8) is 0 Å². The van der Waals surface area contributed by atoms with E-state index < -0.39 is 0 Å². The highest BCUT2D eigenvalue weighted by molar-refractivity contribution is 5.09. The van der Waals surface area contributed by atoms with Gasteiger partial charge in [-0.3, -0.25) is 9.88 Å². The Hall–Kier alpha value is -0.970. The molecule has 22 heavy (non-hydrogen) atoms. The van der Waals surface area contributed by atoms with Crippen LogP contribution in [0.15, 0.2) is 24.5 Å². The van der Waals surface area contributed by atoms with Crippen LogP contribution in [0.25, 0.3) is 0 Å². The number of ether oxygens (including phenoxy) is 1. The Morgan fingerprint density at radius 1 is 1.05 bits per heavy atom. The van der Waals surface area contributed by atoms with E-state index in [4.69, 9.17) is 4.74 Å². The van der Waals surface area contributed by atoms with Gasteiger partial charge in [0, 0.05) is 64.9 Å². The van der Waals surface area contributed by atoms with Crippen LogP contribution in [0.5, 0.6) is 0 Å². The van der Waals surface area contributed by atoms with Crippen LogP contribution in [0, 0.1) is 17.8 Å². The normalized spacial score (nSPS) is 30.7. The van der Waals surface area contributed by atoms with Crippen molar-refractivity contribution in [2.75, 3.05) is 45.9 Å². The van der Waals surface area contributed by atoms with E-state index in [0.29, 0.717) is 0 Å². The van der Waals surface area contributed by atoms with Gasteiger partial charge in [0.15, 0.2) is 0 Å². The lowest BCUT2D eigenvalue weighted by Crippen LogP contribution is -2.34. The minimum absolute atomic E-state index is 0.874. The van der Waals surface area contributed by atoms with Crippen molar-refractivity contribution in [2.45, 2.75) is 19.4 Å². The van der Waals surface area contributed by atoms with E-state index in [1.165, 1.54) is 51.1 Å². The average molecular weight is 301 g/mol. The molecule has 3 fully saturated rings. The first-order chi connectivity index (χ1) is 10.9. The molecule has 0 radical (unpaired) electrons. The minimum atomic E-state index is 0.874. The van der Waals surface area contributed by atoms with E-state index in [1.807, 2.05) is 18.5 Å². The van der Waals surface area contributed by atoms with Gasteiger partial charge in [-0.25, -0.2) is 0 Å². The third-order valence-corrected chi connectivity index (χ3v) is 5.62.